The third-order valence-electron chi connectivity index (χ3n) is 3.57. The highest BCUT2D eigenvalue weighted by Gasteiger charge is 2.20. The van der Waals surface area contributed by atoms with E-state index < -0.39 is 8.60 Å². The average Bonchev–Trinajstić information content (AvgIpc) is 2.61. The van der Waals surface area contributed by atoms with Crippen molar-refractivity contribution >= 4 is 8.60 Å². The van der Waals surface area contributed by atoms with E-state index in [0.29, 0.717) is 11.5 Å². The van der Waals surface area contributed by atoms with Crippen LogP contribution in [0.3, 0.4) is 0 Å². The number of rotatable bonds is 6. The Hall–Kier alpha value is -2.51. The summed E-state index contributed by atoms with van der Waals surface area (Å²) in [6.07, 6.45) is 0. The molecule has 0 saturated carbocycles. The normalized spacial score (nSPS) is 10.5. The molecule has 0 N–H and O–H groups in total. The largest absolute Gasteiger partial charge is 0.530 e. The van der Waals surface area contributed by atoms with E-state index in [1.807, 2.05) is 79.7 Å². The molecule has 0 atom stereocenters. The van der Waals surface area contributed by atoms with Crippen molar-refractivity contribution < 1.29 is 13.6 Å². The first-order valence-electron chi connectivity index (χ1n) is 7.73. The quantitative estimate of drug-likeness (QED) is 0.511. The van der Waals surface area contributed by atoms with Crippen LogP contribution in [0, 0.1) is 13.8 Å². The fourth-order valence-electron chi connectivity index (χ4n) is 2.09. The Labute approximate surface area is 143 Å². The highest BCUT2D eigenvalue weighted by atomic mass is 31.2. The molecule has 122 valence electrons. The maximum absolute atomic E-state index is 6.05. The molecule has 3 nitrogen and oxygen atoms in total. The van der Waals surface area contributed by atoms with Crippen LogP contribution in [0.1, 0.15) is 11.1 Å². The van der Waals surface area contributed by atoms with E-state index in [9.17, 15) is 0 Å². The van der Waals surface area contributed by atoms with Crippen molar-refractivity contribution in [2.75, 3.05) is 0 Å². The van der Waals surface area contributed by atoms with Gasteiger partial charge in [0.2, 0.25) is 0 Å². The van der Waals surface area contributed by atoms with Gasteiger partial charge in [0.25, 0.3) is 0 Å². The van der Waals surface area contributed by atoms with Gasteiger partial charge in [0.05, 0.1) is 0 Å². The van der Waals surface area contributed by atoms with Crippen molar-refractivity contribution in [2.45, 2.75) is 13.8 Å². The van der Waals surface area contributed by atoms with Crippen LogP contribution in [-0.4, -0.2) is 0 Å². The van der Waals surface area contributed by atoms with E-state index in [4.69, 9.17) is 13.6 Å². The van der Waals surface area contributed by atoms with Crippen molar-refractivity contribution in [3.8, 4) is 17.2 Å². The van der Waals surface area contributed by atoms with E-state index in [1.165, 1.54) is 5.56 Å². The first-order chi connectivity index (χ1) is 11.7. The van der Waals surface area contributed by atoms with Crippen molar-refractivity contribution in [1.29, 1.82) is 0 Å². The molecular weight excluding hydrogens is 319 g/mol. The zero-order chi connectivity index (χ0) is 16.8. The summed E-state index contributed by atoms with van der Waals surface area (Å²) in [7, 11) is -1.62. The van der Waals surface area contributed by atoms with Crippen LogP contribution in [0.25, 0.3) is 0 Å². The lowest BCUT2D eigenvalue weighted by molar-refractivity contribution is 0.387. The molecule has 0 aliphatic rings. The summed E-state index contributed by atoms with van der Waals surface area (Å²) in [5.41, 5.74) is 2.25. The Morgan fingerprint density at radius 1 is 0.583 bits per heavy atom. The van der Waals surface area contributed by atoms with Gasteiger partial charge in [0, 0.05) is 0 Å². The lowest BCUT2D eigenvalue weighted by Gasteiger charge is -2.19. The summed E-state index contributed by atoms with van der Waals surface area (Å²) in [6.45, 7) is 4.09. The highest BCUT2D eigenvalue weighted by molar-refractivity contribution is 7.43. The highest BCUT2D eigenvalue weighted by Crippen LogP contribution is 2.43. The van der Waals surface area contributed by atoms with Crippen molar-refractivity contribution in [2.24, 2.45) is 0 Å². The zero-order valence-corrected chi connectivity index (χ0v) is 14.6. The molecule has 0 saturated heterocycles. The molecule has 0 aliphatic heterocycles. The first-order valence-corrected chi connectivity index (χ1v) is 8.82. The Morgan fingerprint density at radius 3 is 1.67 bits per heavy atom. The molecule has 0 spiro atoms. The van der Waals surface area contributed by atoms with Crippen LogP contribution in [0.2, 0.25) is 0 Å². The second kappa shape index (κ2) is 7.85. The topological polar surface area (TPSA) is 27.7 Å². The van der Waals surface area contributed by atoms with Gasteiger partial charge in [-0.05, 0) is 55.3 Å². The summed E-state index contributed by atoms with van der Waals surface area (Å²) in [5, 5.41) is 0. The van der Waals surface area contributed by atoms with Crippen LogP contribution in [-0.2, 0) is 0 Å². The van der Waals surface area contributed by atoms with Crippen LogP contribution < -0.4 is 13.6 Å². The van der Waals surface area contributed by atoms with Crippen LogP contribution in [0.5, 0.6) is 17.2 Å². The van der Waals surface area contributed by atoms with Gasteiger partial charge in [-0.15, -0.1) is 0 Å². The van der Waals surface area contributed by atoms with Gasteiger partial charge in [-0.1, -0.05) is 48.5 Å². The summed E-state index contributed by atoms with van der Waals surface area (Å²) in [4.78, 5) is 0. The predicted molar refractivity (Wildman–Crippen MR) is 97.6 cm³/mol. The number of benzene rings is 3. The number of hydrogen-bond donors (Lipinski definition) is 0. The smallest absolute Gasteiger partial charge is 0.409 e. The van der Waals surface area contributed by atoms with Crippen LogP contribution >= 0.6 is 8.60 Å². The number of para-hydroxylation sites is 2. The minimum absolute atomic E-state index is 0.713. The number of aryl methyl sites for hydroxylation is 1. The molecule has 0 fully saturated rings. The third kappa shape index (κ3) is 4.27. The number of hydrogen-bond acceptors (Lipinski definition) is 3. The first kappa shape index (κ1) is 16.4. The summed E-state index contributed by atoms with van der Waals surface area (Å²) in [5.74, 6) is 2.20. The lowest BCUT2D eigenvalue weighted by atomic mass is 10.1. The van der Waals surface area contributed by atoms with Crippen molar-refractivity contribution in [1.82, 2.24) is 0 Å². The maximum Gasteiger partial charge on any atom is 0.530 e. The molecule has 24 heavy (non-hydrogen) atoms. The average molecular weight is 338 g/mol. The van der Waals surface area contributed by atoms with E-state index in [1.54, 1.807) is 0 Å². The Kier molecular flexibility index (Phi) is 5.35. The Balaban J connectivity index is 1.82. The standard InChI is InChI=1S/C20H19O3P/c1-16-10-9-15-20(17(16)2)23-24(21-18-11-5-3-6-12-18)22-19-13-7-4-8-14-19/h3-15H,1-2H3. The molecule has 0 aliphatic carbocycles. The van der Waals surface area contributed by atoms with Gasteiger partial charge in [0.1, 0.15) is 17.2 Å². The summed E-state index contributed by atoms with van der Waals surface area (Å²) < 4.78 is 17.9. The van der Waals surface area contributed by atoms with Gasteiger partial charge in [-0.25, -0.2) is 0 Å². The fraction of sp³-hybridized carbons (Fsp3) is 0.100. The predicted octanol–water partition coefficient (Wildman–Crippen LogP) is 6.07. The fourth-order valence-corrected chi connectivity index (χ4v) is 3.15. The van der Waals surface area contributed by atoms with Crippen molar-refractivity contribution in [3.05, 3.63) is 90.0 Å². The molecule has 0 aromatic heterocycles. The zero-order valence-electron chi connectivity index (χ0n) is 13.7. The maximum atomic E-state index is 6.05. The van der Waals surface area contributed by atoms with E-state index in [-0.39, 0.29) is 0 Å². The van der Waals surface area contributed by atoms with Crippen molar-refractivity contribution in [3.63, 3.8) is 0 Å². The Morgan fingerprint density at radius 2 is 1.12 bits per heavy atom. The summed E-state index contributed by atoms with van der Waals surface area (Å²) >= 11 is 0. The van der Waals surface area contributed by atoms with Gasteiger partial charge in [-0.2, -0.15) is 0 Å². The molecule has 4 heteroatoms. The molecular formula is C20H19O3P. The van der Waals surface area contributed by atoms with Crippen LogP contribution in [0.4, 0.5) is 0 Å². The minimum atomic E-state index is -1.62. The molecule has 0 amide bonds. The van der Waals surface area contributed by atoms with Gasteiger partial charge < -0.3 is 13.6 Å². The van der Waals surface area contributed by atoms with Gasteiger partial charge in [-0.3, -0.25) is 0 Å². The van der Waals surface area contributed by atoms with E-state index in [2.05, 4.69) is 13.0 Å². The molecule has 0 radical (unpaired) electrons. The Bertz CT molecular complexity index is 734. The second-order valence-corrected chi connectivity index (χ2v) is 6.32. The second-order valence-electron chi connectivity index (χ2n) is 5.32. The lowest BCUT2D eigenvalue weighted by Crippen LogP contribution is -2.03. The SMILES string of the molecule is Cc1cccc(OP(Oc2ccccc2)Oc2ccccc2)c1C. The molecule has 0 heterocycles. The molecule has 0 unspecified atom stereocenters. The molecule has 3 aromatic rings. The molecule has 3 rings (SSSR count). The van der Waals surface area contributed by atoms with E-state index >= 15 is 0 Å². The molecule has 0 bridgehead atoms. The summed E-state index contributed by atoms with van der Waals surface area (Å²) in [6, 6.07) is 25.1. The van der Waals surface area contributed by atoms with Gasteiger partial charge in [0.15, 0.2) is 0 Å². The third-order valence-corrected chi connectivity index (χ3v) is 4.64. The molecule has 3 aromatic carbocycles. The van der Waals surface area contributed by atoms with Gasteiger partial charge >= 0.3 is 8.60 Å². The van der Waals surface area contributed by atoms with E-state index in [0.717, 1.165) is 11.3 Å². The monoisotopic (exact) mass is 338 g/mol. The van der Waals surface area contributed by atoms with Crippen LogP contribution in [0.15, 0.2) is 78.9 Å². The minimum Gasteiger partial charge on any atom is -0.409 e.